The van der Waals surface area contributed by atoms with Crippen LogP contribution in [0.1, 0.15) is 28.7 Å². The summed E-state index contributed by atoms with van der Waals surface area (Å²) < 4.78 is 6.89. The fraction of sp³-hybridized carbons (Fsp3) is 0.222. The lowest BCUT2D eigenvalue weighted by atomic mass is 10.2. The highest BCUT2D eigenvalue weighted by Crippen LogP contribution is 2.25. The second kappa shape index (κ2) is 6.83. The van der Waals surface area contributed by atoms with E-state index in [2.05, 4.69) is 9.55 Å². The summed E-state index contributed by atoms with van der Waals surface area (Å²) in [4.78, 5) is 16.3. The molecule has 1 aromatic heterocycles. The maximum Gasteiger partial charge on any atom is 0.337 e. The molecule has 24 heavy (non-hydrogen) atoms. The minimum Gasteiger partial charge on any atom is -0.465 e. The fourth-order valence-corrected chi connectivity index (χ4v) is 3.01. The Hall–Kier alpha value is -2.04. The van der Waals surface area contributed by atoms with Crippen LogP contribution >= 0.6 is 23.2 Å². The highest BCUT2D eigenvalue weighted by Gasteiger charge is 2.13. The molecule has 0 amide bonds. The van der Waals surface area contributed by atoms with Crippen LogP contribution in [0.2, 0.25) is 10.0 Å². The molecule has 0 N–H and O–H groups in total. The Morgan fingerprint density at radius 1 is 1.17 bits per heavy atom. The fourth-order valence-electron chi connectivity index (χ4n) is 2.69. The van der Waals surface area contributed by atoms with E-state index in [-0.39, 0.29) is 5.97 Å². The Kier molecular flexibility index (Phi) is 4.78. The molecule has 2 aromatic carbocycles. The average Bonchev–Trinajstić information content (AvgIpc) is 2.94. The van der Waals surface area contributed by atoms with Crippen molar-refractivity contribution in [3.63, 3.8) is 0 Å². The zero-order valence-corrected chi connectivity index (χ0v) is 14.9. The molecule has 0 saturated heterocycles. The summed E-state index contributed by atoms with van der Waals surface area (Å²) in [7, 11) is 1.37. The van der Waals surface area contributed by atoms with Crippen LogP contribution in [0.15, 0.2) is 36.4 Å². The number of hydrogen-bond donors (Lipinski definition) is 0. The molecule has 0 saturated carbocycles. The minimum atomic E-state index is -0.367. The molecule has 0 aliphatic heterocycles. The van der Waals surface area contributed by atoms with Crippen LogP contribution in [0, 0.1) is 0 Å². The number of imidazole rings is 1. The topological polar surface area (TPSA) is 44.1 Å². The molecular weight excluding hydrogens is 347 g/mol. The summed E-state index contributed by atoms with van der Waals surface area (Å²) in [5, 5.41) is 1.07. The molecular formula is C18H16Cl2N2O2. The number of halogens is 2. The van der Waals surface area contributed by atoms with E-state index >= 15 is 0 Å². The minimum absolute atomic E-state index is 0.367. The number of carbonyl (C=O) groups is 1. The van der Waals surface area contributed by atoms with Crippen LogP contribution in [0.3, 0.4) is 0 Å². The first kappa shape index (κ1) is 16.8. The van der Waals surface area contributed by atoms with Crippen molar-refractivity contribution in [2.45, 2.75) is 19.9 Å². The second-order valence-electron chi connectivity index (χ2n) is 5.41. The Labute approximate surface area is 150 Å². The smallest absolute Gasteiger partial charge is 0.337 e. The third kappa shape index (κ3) is 3.12. The molecule has 3 aromatic rings. The van der Waals surface area contributed by atoms with Crippen molar-refractivity contribution >= 4 is 40.2 Å². The van der Waals surface area contributed by atoms with Gasteiger partial charge in [-0.05, 0) is 35.9 Å². The number of methoxy groups -OCH3 is 1. The molecule has 0 bridgehead atoms. The monoisotopic (exact) mass is 362 g/mol. The van der Waals surface area contributed by atoms with Gasteiger partial charge in [-0.1, -0.05) is 36.2 Å². The van der Waals surface area contributed by atoms with Crippen LogP contribution in [0.4, 0.5) is 0 Å². The number of fused-ring (bicyclic) bond motifs is 1. The molecule has 124 valence electrons. The third-order valence-corrected chi connectivity index (χ3v) is 4.63. The van der Waals surface area contributed by atoms with Crippen molar-refractivity contribution in [3.05, 3.63) is 63.4 Å². The number of carbonyl (C=O) groups excluding carboxylic acids is 1. The van der Waals surface area contributed by atoms with E-state index < -0.39 is 0 Å². The van der Waals surface area contributed by atoms with Gasteiger partial charge in [-0.2, -0.15) is 0 Å². The van der Waals surface area contributed by atoms with E-state index in [1.807, 2.05) is 25.1 Å². The maximum atomic E-state index is 11.7. The van der Waals surface area contributed by atoms with Crippen molar-refractivity contribution < 1.29 is 9.53 Å². The molecule has 0 aliphatic rings. The van der Waals surface area contributed by atoms with Gasteiger partial charge in [0.05, 0.1) is 33.8 Å². The summed E-state index contributed by atoms with van der Waals surface area (Å²) in [6.45, 7) is 2.68. The number of aromatic nitrogens is 2. The summed E-state index contributed by atoms with van der Waals surface area (Å²) in [6.07, 6.45) is 0.781. The van der Waals surface area contributed by atoms with Crippen LogP contribution in [-0.2, 0) is 17.7 Å². The first-order valence-corrected chi connectivity index (χ1v) is 8.30. The lowest BCUT2D eigenvalue weighted by Crippen LogP contribution is -2.04. The van der Waals surface area contributed by atoms with E-state index in [0.29, 0.717) is 22.2 Å². The quantitative estimate of drug-likeness (QED) is 0.629. The SMILES string of the molecule is CCc1nc2cc(C(=O)OC)ccc2n1Cc1ccc(Cl)c(Cl)c1. The molecule has 1 heterocycles. The lowest BCUT2D eigenvalue weighted by Gasteiger charge is -2.09. The Bertz CT molecular complexity index is 919. The summed E-state index contributed by atoms with van der Waals surface area (Å²) in [5.74, 6) is 0.576. The van der Waals surface area contributed by atoms with Crippen LogP contribution in [0.25, 0.3) is 11.0 Å². The van der Waals surface area contributed by atoms with E-state index in [9.17, 15) is 4.79 Å². The number of ether oxygens (including phenoxy) is 1. The molecule has 0 atom stereocenters. The number of benzene rings is 2. The third-order valence-electron chi connectivity index (χ3n) is 3.89. The maximum absolute atomic E-state index is 11.7. The number of hydrogen-bond acceptors (Lipinski definition) is 3. The van der Waals surface area contributed by atoms with E-state index in [0.717, 1.165) is 28.8 Å². The van der Waals surface area contributed by atoms with Gasteiger partial charge in [0.25, 0.3) is 0 Å². The van der Waals surface area contributed by atoms with Crippen molar-refractivity contribution in [1.29, 1.82) is 0 Å². The van der Waals surface area contributed by atoms with E-state index in [1.54, 1.807) is 18.2 Å². The van der Waals surface area contributed by atoms with Crippen LogP contribution < -0.4 is 0 Å². The standard InChI is InChI=1S/C18H16Cl2N2O2/c1-3-17-21-15-9-12(18(23)24-2)5-7-16(15)22(17)10-11-4-6-13(19)14(20)8-11/h4-9H,3,10H2,1-2H3. The largest absolute Gasteiger partial charge is 0.465 e. The molecule has 6 heteroatoms. The summed E-state index contributed by atoms with van der Waals surface area (Å²) in [5.41, 5.74) is 3.27. The van der Waals surface area contributed by atoms with Crippen molar-refractivity contribution in [3.8, 4) is 0 Å². The van der Waals surface area contributed by atoms with Gasteiger partial charge >= 0.3 is 5.97 Å². The lowest BCUT2D eigenvalue weighted by molar-refractivity contribution is 0.0601. The molecule has 0 radical (unpaired) electrons. The number of esters is 1. The Balaban J connectivity index is 2.05. The average molecular weight is 363 g/mol. The van der Waals surface area contributed by atoms with E-state index in [4.69, 9.17) is 27.9 Å². The summed E-state index contributed by atoms with van der Waals surface area (Å²) >= 11 is 12.1. The molecule has 0 unspecified atom stereocenters. The van der Waals surface area contributed by atoms with Crippen LogP contribution in [0.5, 0.6) is 0 Å². The van der Waals surface area contributed by atoms with Crippen LogP contribution in [-0.4, -0.2) is 22.6 Å². The molecule has 0 aliphatic carbocycles. The zero-order valence-electron chi connectivity index (χ0n) is 13.3. The molecule has 0 fully saturated rings. The normalized spacial score (nSPS) is 11.0. The van der Waals surface area contributed by atoms with Gasteiger partial charge in [0, 0.05) is 13.0 Å². The number of aryl methyl sites for hydroxylation is 1. The van der Waals surface area contributed by atoms with Gasteiger partial charge in [0.15, 0.2) is 0 Å². The first-order valence-electron chi connectivity index (χ1n) is 7.55. The first-order chi connectivity index (χ1) is 11.5. The predicted molar refractivity (Wildman–Crippen MR) is 96.0 cm³/mol. The van der Waals surface area contributed by atoms with Gasteiger partial charge in [-0.3, -0.25) is 0 Å². The van der Waals surface area contributed by atoms with E-state index in [1.165, 1.54) is 7.11 Å². The van der Waals surface area contributed by atoms with Crippen molar-refractivity contribution in [1.82, 2.24) is 9.55 Å². The second-order valence-corrected chi connectivity index (χ2v) is 6.23. The predicted octanol–water partition coefficient (Wildman–Crippen LogP) is 4.74. The van der Waals surface area contributed by atoms with Gasteiger partial charge in [-0.25, -0.2) is 9.78 Å². The van der Waals surface area contributed by atoms with Crippen molar-refractivity contribution in [2.24, 2.45) is 0 Å². The Morgan fingerprint density at radius 2 is 1.96 bits per heavy atom. The number of rotatable bonds is 4. The van der Waals surface area contributed by atoms with Gasteiger partial charge in [0.1, 0.15) is 5.82 Å². The molecule has 4 nitrogen and oxygen atoms in total. The summed E-state index contributed by atoms with van der Waals surface area (Å²) in [6, 6.07) is 11.0. The van der Waals surface area contributed by atoms with Gasteiger partial charge in [0.2, 0.25) is 0 Å². The molecule has 0 spiro atoms. The van der Waals surface area contributed by atoms with Crippen molar-refractivity contribution in [2.75, 3.05) is 7.11 Å². The molecule has 3 rings (SSSR count). The highest BCUT2D eigenvalue weighted by molar-refractivity contribution is 6.42. The van der Waals surface area contributed by atoms with Gasteiger partial charge in [-0.15, -0.1) is 0 Å². The zero-order chi connectivity index (χ0) is 17.3. The Morgan fingerprint density at radius 3 is 2.62 bits per heavy atom. The van der Waals surface area contributed by atoms with Gasteiger partial charge < -0.3 is 9.30 Å². The number of nitrogens with zero attached hydrogens (tertiary/aromatic N) is 2. The highest BCUT2D eigenvalue weighted by atomic mass is 35.5.